The van der Waals surface area contributed by atoms with Crippen LogP contribution in [0.25, 0.3) is 0 Å². The molecule has 0 aromatic heterocycles. The highest BCUT2D eigenvalue weighted by Crippen LogP contribution is 2.38. The Balaban J connectivity index is 2.46. The van der Waals surface area contributed by atoms with E-state index in [-0.39, 0.29) is 5.38 Å². The largest absolute Gasteiger partial charge is 0.113 e. The zero-order valence-corrected chi connectivity index (χ0v) is 16.7. The first kappa shape index (κ1) is 16.1. The fourth-order valence-corrected chi connectivity index (χ4v) is 3.73. The average molecular weight is 535 g/mol. The van der Waals surface area contributed by atoms with Crippen molar-refractivity contribution in [2.24, 2.45) is 0 Å². The summed E-state index contributed by atoms with van der Waals surface area (Å²) in [4.78, 5) is 0. The molecule has 0 fully saturated rings. The standard InChI is InChI=1S/C14H9Br2Cl2I/c1-7-4-11(16)9(6-10(7)15)14(18)8-2-3-13(19)12(17)5-8/h2-6,14H,1H3. The summed E-state index contributed by atoms with van der Waals surface area (Å²) in [5, 5.41) is 0.492. The molecule has 0 N–H and O–H groups in total. The van der Waals surface area contributed by atoms with Crippen LogP contribution in [0.4, 0.5) is 0 Å². The second kappa shape index (κ2) is 6.65. The SMILES string of the molecule is Cc1cc(Br)c(C(Cl)c2ccc(I)c(Cl)c2)cc1Br. The Hall–Kier alpha value is 0.710. The van der Waals surface area contributed by atoms with Crippen molar-refractivity contribution in [3.8, 4) is 0 Å². The molecule has 2 aromatic carbocycles. The highest BCUT2D eigenvalue weighted by molar-refractivity contribution is 14.1. The minimum Gasteiger partial charge on any atom is -0.113 e. The van der Waals surface area contributed by atoms with Crippen molar-refractivity contribution >= 4 is 77.7 Å². The summed E-state index contributed by atoms with van der Waals surface area (Å²) in [5.41, 5.74) is 3.18. The number of halogens is 5. The highest BCUT2D eigenvalue weighted by Gasteiger charge is 2.16. The van der Waals surface area contributed by atoms with Crippen molar-refractivity contribution in [2.75, 3.05) is 0 Å². The maximum absolute atomic E-state index is 6.57. The number of alkyl halides is 1. The molecular formula is C14H9Br2Cl2I. The van der Waals surface area contributed by atoms with Crippen molar-refractivity contribution in [1.82, 2.24) is 0 Å². The maximum Gasteiger partial charge on any atom is 0.0847 e. The van der Waals surface area contributed by atoms with Crippen LogP contribution in [0.15, 0.2) is 39.3 Å². The van der Waals surface area contributed by atoms with Crippen molar-refractivity contribution < 1.29 is 0 Å². The van der Waals surface area contributed by atoms with Gasteiger partial charge in [-0.3, -0.25) is 0 Å². The van der Waals surface area contributed by atoms with Gasteiger partial charge in [-0.05, 0) is 70.5 Å². The lowest BCUT2D eigenvalue weighted by atomic mass is 10.0. The molecule has 1 unspecified atom stereocenters. The Bertz CT molecular complexity index is 629. The van der Waals surface area contributed by atoms with E-state index in [2.05, 4.69) is 60.5 Å². The fourth-order valence-electron chi connectivity index (χ4n) is 1.71. The maximum atomic E-state index is 6.57. The predicted octanol–water partition coefficient (Wildman–Crippen LogP) is 7.11. The van der Waals surface area contributed by atoms with Gasteiger partial charge >= 0.3 is 0 Å². The van der Waals surface area contributed by atoms with Gasteiger partial charge in [0, 0.05) is 12.5 Å². The normalized spacial score (nSPS) is 12.5. The van der Waals surface area contributed by atoms with Gasteiger partial charge in [-0.1, -0.05) is 49.5 Å². The Morgan fingerprint density at radius 1 is 1.11 bits per heavy atom. The van der Waals surface area contributed by atoms with E-state index in [0.717, 1.165) is 28.7 Å². The number of hydrogen-bond acceptors (Lipinski definition) is 0. The summed E-state index contributed by atoms with van der Waals surface area (Å²) in [6.45, 7) is 2.05. The van der Waals surface area contributed by atoms with E-state index >= 15 is 0 Å². The smallest absolute Gasteiger partial charge is 0.0847 e. The van der Waals surface area contributed by atoms with Crippen LogP contribution in [0.1, 0.15) is 22.1 Å². The molecule has 0 saturated heterocycles. The fraction of sp³-hybridized carbons (Fsp3) is 0.143. The molecule has 0 amide bonds. The van der Waals surface area contributed by atoms with Crippen LogP contribution in [0, 0.1) is 10.5 Å². The second-order valence-electron chi connectivity index (χ2n) is 4.16. The lowest BCUT2D eigenvalue weighted by molar-refractivity contribution is 1.12. The van der Waals surface area contributed by atoms with E-state index in [4.69, 9.17) is 23.2 Å². The Kier molecular flexibility index (Phi) is 5.63. The van der Waals surface area contributed by atoms with Gasteiger partial charge < -0.3 is 0 Å². The molecule has 100 valence electrons. The zero-order chi connectivity index (χ0) is 14.2. The van der Waals surface area contributed by atoms with Crippen LogP contribution in [-0.2, 0) is 0 Å². The third-order valence-corrected chi connectivity index (χ3v) is 6.39. The number of rotatable bonds is 2. The lowest BCUT2D eigenvalue weighted by Gasteiger charge is -2.15. The summed E-state index contributed by atoms with van der Waals surface area (Å²) in [7, 11) is 0. The van der Waals surface area contributed by atoms with Gasteiger partial charge in [-0.2, -0.15) is 0 Å². The number of benzene rings is 2. The first-order valence-electron chi connectivity index (χ1n) is 5.44. The third-order valence-electron chi connectivity index (χ3n) is 2.79. The zero-order valence-electron chi connectivity index (χ0n) is 9.85. The molecule has 0 aliphatic rings. The monoisotopic (exact) mass is 532 g/mol. The van der Waals surface area contributed by atoms with Crippen LogP contribution in [0.2, 0.25) is 5.02 Å². The molecule has 2 rings (SSSR count). The average Bonchev–Trinajstić information content (AvgIpc) is 2.36. The summed E-state index contributed by atoms with van der Waals surface area (Å²) in [5.74, 6) is 0. The summed E-state index contributed by atoms with van der Waals surface area (Å²) < 4.78 is 3.08. The molecule has 19 heavy (non-hydrogen) atoms. The minimum atomic E-state index is -0.235. The van der Waals surface area contributed by atoms with Gasteiger partial charge in [0.15, 0.2) is 0 Å². The molecule has 0 spiro atoms. The van der Waals surface area contributed by atoms with Crippen LogP contribution >= 0.6 is 77.7 Å². The van der Waals surface area contributed by atoms with Gasteiger partial charge in [0.2, 0.25) is 0 Å². The Morgan fingerprint density at radius 2 is 1.79 bits per heavy atom. The number of hydrogen-bond donors (Lipinski definition) is 0. The van der Waals surface area contributed by atoms with Gasteiger partial charge in [-0.15, -0.1) is 11.6 Å². The van der Waals surface area contributed by atoms with E-state index in [9.17, 15) is 0 Å². The van der Waals surface area contributed by atoms with E-state index in [1.807, 2.05) is 31.2 Å². The van der Waals surface area contributed by atoms with Gasteiger partial charge in [-0.25, -0.2) is 0 Å². The first-order chi connectivity index (χ1) is 8.90. The van der Waals surface area contributed by atoms with E-state index < -0.39 is 0 Å². The minimum absolute atomic E-state index is 0.235. The molecule has 0 aliphatic carbocycles. The molecule has 1 atom stereocenters. The first-order valence-corrected chi connectivity index (χ1v) is 8.92. The molecule has 0 radical (unpaired) electrons. The van der Waals surface area contributed by atoms with Gasteiger partial charge in [0.1, 0.15) is 0 Å². The molecule has 0 heterocycles. The summed E-state index contributed by atoms with van der Waals surface area (Å²) in [6, 6.07) is 10.0. The van der Waals surface area contributed by atoms with Crippen molar-refractivity contribution in [1.29, 1.82) is 0 Å². The Morgan fingerprint density at radius 3 is 2.42 bits per heavy atom. The predicted molar refractivity (Wildman–Crippen MR) is 98.4 cm³/mol. The van der Waals surface area contributed by atoms with Gasteiger partial charge in [0.25, 0.3) is 0 Å². The van der Waals surface area contributed by atoms with E-state index in [0.29, 0.717) is 0 Å². The van der Waals surface area contributed by atoms with E-state index in [1.165, 1.54) is 5.56 Å². The molecular weight excluding hydrogens is 526 g/mol. The van der Waals surface area contributed by atoms with Crippen molar-refractivity contribution in [3.63, 3.8) is 0 Å². The second-order valence-corrected chi connectivity index (χ2v) is 7.87. The topological polar surface area (TPSA) is 0 Å². The molecule has 0 aliphatic heterocycles. The number of aryl methyl sites for hydroxylation is 1. The molecule has 5 heteroatoms. The summed E-state index contributed by atoms with van der Waals surface area (Å²) in [6.07, 6.45) is 0. The molecule has 0 nitrogen and oxygen atoms in total. The molecule has 0 saturated carbocycles. The highest BCUT2D eigenvalue weighted by atomic mass is 127. The van der Waals surface area contributed by atoms with Crippen LogP contribution < -0.4 is 0 Å². The molecule has 2 aromatic rings. The van der Waals surface area contributed by atoms with E-state index in [1.54, 1.807) is 0 Å². The summed E-state index contributed by atoms with van der Waals surface area (Å²) >= 11 is 22.0. The van der Waals surface area contributed by atoms with Crippen molar-refractivity contribution in [2.45, 2.75) is 12.3 Å². The third kappa shape index (κ3) is 3.67. The quantitative estimate of drug-likeness (QED) is 0.285. The van der Waals surface area contributed by atoms with Crippen LogP contribution in [-0.4, -0.2) is 0 Å². The Labute approximate surface area is 153 Å². The van der Waals surface area contributed by atoms with Gasteiger partial charge in [0.05, 0.1) is 10.4 Å². The van der Waals surface area contributed by atoms with Crippen LogP contribution in [0.5, 0.6) is 0 Å². The molecule has 0 bridgehead atoms. The van der Waals surface area contributed by atoms with Crippen LogP contribution in [0.3, 0.4) is 0 Å². The van der Waals surface area contributed by atoms with Crippen molar-refractivity contribution in [3.05, 3.63) is 64.6 Å². The lowest BCUT2D eigenvalue weighted by Crippen LogP contribution is -1.96.